The third-order valence-electron chi connectivity index (χ3n) is 2.64. The van der Waals surface area contributed by atoms with Gasteiger partial charge in [-0.1, -0.05) is 20.8 Å². The third-order valence-corrected chi connectivity index (χ3v) is 2.64. The van der Waals surface area contributed by atoms with E-state index in [4.69, 9.17) is 0 Å². The van der Waals surface area contributed by atoms with Crippen LogP contribution in [-0.4, -0.2) is 37.7 Å². The van der Waals surface area contributed by atoms with Crippen LogP contribution in [0.25, 0.3) is 11.2 Å². The Kier molecular flexibility index (Phi) is 3.47. The molecule has 0 bridgehead atoms. The number of fused-ring (bicyclic) bond motifs is 1. The van der Waals surface area contributed by atoms with Crippen molar-refractivity contribution in [2.24, 2.45) is 5.41 Å². The number of aromatic amines is 1. The molecule has 0 aliphatic rings. The van der Waals surface area contributed by atoms with Gasteiger partial charge in [-0.25, -0.2) is 15.0 Å². The molecule has 18 heavy (non-hydrogen) atoms. The van der Waals surface area contributed by atoms with Crippen molar-refractivity contribution in [1.82, 2.24) is 19.9 Å². The molecule has 0 saturated carbocycles. The Bertz CT molecular complexity index is 516. The molecule has 6 nitrogen and oxygen atoms in total. The maximum absolute atomic E-state index is 9.44. The van der Waals surface area contributed by atoms with Crippen LogP contribution in [0.15, 0.2) is 12.7 Å². The molecule has 98 valence electrons. The van der Waals surface area contributed by atoms with Gasteiger partial charge in [0.2, 0.25) is 0 Å². The lowest BCUT2D eigenvalue weighted by Gasteiger charge is -2.25. The van der Waals surface area contributed by atoms with Gasteiger partial charge >= 0.3 is 0 Å². The summed E-state index contributed by atoms with van der Waals surface area (Å²) in [5.41, 5.74) is 1.53. The minimum atomic E-state index is -0.0357. The van der Waals surface area contributed by atoms with Crippen molar-refractivity contribution in [3.63, 3.8) is 0 Å². The molecule has 0 saturated heterocycles. The second kappa shape index (κ2) is 4.89. The Hall–Kier alpha value is -1.69. The summed E-state index contributed by atoms with van der Waals surface area (Å²) in [6, 6.07) is -0.0357. The average Bonchev–Trinajstić information content (AvgIpc) is 2.75. The van der Waals surface area contributed by atoms with E-state index in [1.807, 2.05) is 0 Å². The zero-order chi connectivity index (χ0) is 13.2. The van der Waals surface area contributed by atoms with Crippen molar-refractivity contribution >= 4 is 17.0 Å². The topological polar surface area (TPSA) is 86.7 Å². The van der Waals surface area contributed by atoms with Crippen molar-refractivity contribution in [3.8, 4) is 0 Å². The molecular formula is C12H19N5O. The first kappa shape index (κ1) is 12.8. The third kappa shape index (κ3) is 2.95. The number of nitrogens with zero attached hydrogens (tertiary/aromatic N) is 3. The van der Waals surface area contributed by atoms with E-state index in [0.29, 0.717) is 11.5 Å². The molecule has 2 rings (SSSR count). The van der Waals surface area contributed by atoms with Gasteiger partial charge in [0.05, 0.1) is 19.0 Å². The maximum atomic E-state index is 9.44. The van der Waals surface area contributed by atoms with Gasteiger partial charge in [-0.05, 0) is 11.8 Å². The van der Waals surface area contributed by atoms with Gasteiger partial charge in [-0.3, -0.25) is 0 Å². The molecule has 0 fully saturated rings. The summed E-state index contributed by atoms with van der Waals surface area (Å²) < 4.78 is 0. The second-order valence-corrected chi connectivity index (χ2v) is 5.61. The smallest absolute Gasteiger partial charge is 0.182 e. The number of aliphatic hydroxyl groups is 1. The number of anilines is 1. The van der Waals surface area contributed by atoms with Gasteiger partial charge in [0.1, 0.15) is 11.8 Å². The number of hydrogen-bond donors (Lipinski definition) is 3. The van der Waals surface area contributed by atoms with Crippen LogP contribution < -0.4 is 5.32 Å². The van der Waals surface area contributed by atoms with Gasteiger partial charge in [0, 0.05) is 0 Å². The fourth-order valence-corrected chi connectivity index (χ4v) is 1.97. The molecule has 2 aromatic rings. The lowest BCUT2D eigenvalue weighted by atomic mass is 9.88. The fraction of sp³-hybridized carbons (Fsp3) is 0.583. The molecule has 0 amide bonds. The SMILES string of the molecule is CC(C)(C)CC(CO)Nc1ncnc2nc[nH]c12. The van der Waals surface area contributed by atoms with Gasteiger partial charge < -0.3 is 15.4 Å². The van der Waals surface area contributed by atoms with Gasteiger partial charge in [0.25, 0.3) is 0 Å². The zero-order valence-electron chi connectivity index (χ0n) is 10.9. The summed E-state index contributed by atoms with van der Waals surface area (Å²) in [6.45, 7) is 6.49. The molecule has 1 unspecified atom stereocenters. The highest BCUT2D eigenvalue weighted by molar-refractivity contribution is 5.82. The highest BCUT2D eigenvalue weighted by Gasteiger charge is 2.19. The first-order chi connectivity index (χ1) is 8.49. The number of rotatable bonds is 4. The highest BCUT2D eigenvalue weighted by Crippen LogP contribution is 2.23. The monoisotopic (exact) mass is 249 g/mol. The lowest BCUT2D eigenvalue weighted by Crippen LogP contribution is -2.29. The average molecular weight is 249 g/mol. The molecule has 0 aliphatic heterocycles. The lowest BCUT2D eigenvalue weighted by molar-refractivity contribution is 0.233. The Morgan fingerprint density at radius 3 is 2.78 bits per heavy atom. The van der Waals surface area contributed by atoms with Crippen LogP contribution >= 0.6 is 0 Å². The van der Waals surface area contributed by atoms with Crippen LogP contribution in [0.4, 0.5) is 5.82 Å². The summed E-state index contributed by atoms with van der Waals surface area (Å²) in [6.07, 6.45) is 3.91. The number of aromatic nitrogens is 4. The Balaban J connectivity index is 2.19. The Morgan fingerprint density at radius 2 is 2.11 bits per heavy atom. The van der Waals surface area contributed by atoms with Crippen LogP contribution in [0.3, 0.4) is 0 Å². The fourth-order valence-electron chi connectivity index (χ4n) is 1.97. The quantitative estimate of drug-likeness (QED) is 0.765. The van der Waals surface area contributed by atoms with Crippen molar-refractivity contribution in [1.29, 1.82) is 0 Å². The van der Waals surface area contributed by atoms with Gasteiger partial charge in [0.15, 0.2) is 11.5 Å². The van der Waals surface area contributed by atoms with Crippen molar-refractivity contribution in [3.05, 3.63) is 12.7 Å². The van der Waals surface area contributed by atoms with Gasteiger partial charge in [-0.2, -0.15) is 0 Å². The molecule has 2 aromatic heterocycles. The molecule has 0 aromatic carbocycles. The predicted octanol–water partition coefficient (Wildman–Crippen LogP) is 1.56. The number of H-pyrrole nitrogens is 1. The standard InChI is InChI=1S/C12H19N5O/c1-12(2,3)4-8(5-18)17-11-9-10(14-6-13-9)15-7-16-11/h6-8,18H,4-5H2,1-3H3,(H2,13,14,15,16,17). The molecular weight excluding hydrogens is 230 g/mol. The Morgan fingerprint density at radius 1 is 1.33 bits per heavy atom. The van der Waals surface area contributed by atoms with Crippen molar-refractivity contribution in [2.45, 2.75) is 33.2 Å². The van der Waals surface area contributed by atoms with E-state index in [1.165, 1.54) is 6.33 Å². The van der Waals surface area contributed by atoms with Crippen molar-refractivity contribution < 1.29 is 5.11 Å². The van der Waals surface area contributed by atoms with E-state index < -0.39 is 0 Å². The van der Waals surface area contributed by atoms with Crippen LogP contribution in [0.5, 0.6) is 0 Å². The zero-order valence-corrected chi connectivity index (χ0v) is 10.9. The largest absolute Gasteiger partial charge is 0.394 e. The van der Waals surface area contributed by atoms with Gasteiger partial charge in [-0.15, -0.1) is 0 Å². The maximum Gasteiger partial charge on any atom is 0.182 e. The minimum Gasteiger partial charge on any atom is -0.394 e. The molecule has 0 radical (unpaired) electrons. The van der Waals surface area contributed by atoms with Crippen molar-refractivity contribution in [2.75, 3.05) is 11.9 Å². The summed E-state index contributed by atoms with van der Waals surface area (Å²) in [4.78, 5) is 15.3. The number of hydrogen-bond acceptors (Lipinski definition) is 5. The highest BCUT2D eigenvalue weighted by atomic mass is 16.3. The molecule has 6 heteroatoms. The van der Waals surface area contributed by atoms with E-state index in [1.54, 1.807) is 6.33 Å². The first-order valence-electron chi connectivity index (χ1n) is 6.01. The first-order valence-corrected chi connectivity index (χ1v) is 6.01. The van der Waals surface area contributed by atoms with E-state index in [0.717, 1.165) is 11.9 Å². The minimum absolute atomic E-state index is 0.0357. The van der Waals surface area contributed by atoms with E-state index in [-0.39, 0.29) is 18.1 Å². The summed E-state index contributed by atoms with van der Waals surface area (Å²) in [5.74, 6) is 0.681. The number of imidazole rings is 1. The molecule has 2 heterocycles. The summed E-state index contributed by atoms with van der Waals surface area (Å²) in [7, 11) is 0. The summed E-state index contributed by atoms with van der Waals surface area (Å²) in [5, 5.41) is 12.7. The predicted molar refractivity (Wildman–Crippen MR) is 70.3 cm³/mol. The number of aliphatic hydroxyl groups excluding tert-OH is 1. The second-order valence-electron chi connectivity index (χ2n) is 5.61. The van der Waals surface area contributed by atoms with E-state index in [2.05, 4.69) is 46.0 Å². The summed E-state index contributed by atoms with van der Waals surface area (Å²) >= 11 is 0. The molecule has 1 atom stereocenters. The van der Waals surface area contributed by atoms with E-state index >= 15 is 0 Å². The molecule has 3 N–H and O–H groups in total. The van der Waals surface area contributed by atoms with Crippen LogP contribution in [0.1, 0.15) is 27.2 Å². The Labute approximate surface area is 106 Å². The van der Waals surface area contributed by atoms with Crippen LogP contribution in [0.2, 0.25) is 0 Å². The van der Waals surface area contributed by atoms with Crippen LogP contribution in [-0.2, 0) is 0 Å². The molecule has 0 aliphatic carbocycles. The molecule has 0 spiro atoms. The normalized spacial score (nSPS) is 13.8. The van der Waals surface area contributed by atoms with E-state index in [9.17, 15) is 5.11 Å². The number of nitrogens with one attached hydrogen (secondary N) is 2. The van der Waals surface area contributed by atoms with Crippen LogP contribution in [0, 0.1) is 5.41 Å².